The minimum Gasteiger partial charge on any atom is -0.468 e. The van der Waals surface area contributed by atoms with Crippen LogP contribution in [0.2, 0.25) is 0 Å². The standard InChI is InChI=1S/C13H18ClN7O4/c1-25-12(23)8(15)3-2-5-16-11(22)9-10-18-19-21(6-4-14)13(24)20(10)7-17-9/h7-8H,2-6,15H2,1H3,(H,16,22). The molecule has 2 heterocycles. The van der Waals surface area contributed by atoms with Gasteiger partial charge in [0.25, 0.3) is 5.91 Å². The maximum absolute atomic E-state index is 12.2. The second kappa shape index (κ2) is 8.53. The quantitative estimate of drug-likeness (QED) is 0.325. The SMILES string of the molecule is COC(=O)C(N)CCCNC(=O)c1ncn2c(=O)n(CCCl)nnc12. The van der Waals surface area contributed by atoms with Crippen molar-refractivity contribution < 1.29 is 14.3 Å². The van der Waals surface area contributed by atoms with Crippen molar-refractivity contribution in [3.05, 3.63) is 22.5 Å². The van der Waals surface area contributed by atoms with Crippen LogP contribution in [0.25, 0.3) is 5.65 Å². The third-order valence-corrected chi connectivity index (χ3v) is 3.58. The minimum atomic E-state index is -0.735. The molecule has 1 unspecified atom stereocenters. The van der Waals surface area contributed by atoms with E-state index in [0.29, 0.717) is 12.8 Å². The van der Waals surface area contributed by atoms with Crippen LogP contribution < -0.4 is 16.7 Å². The van der Waals surface area contributed by atoms with E-state index in [1.165, 1.54) is 13.4 Å². The van der Waals surface area contributed by atoms with E-state index in [-0.39, 0.29) is 30.3 Å². The summed E-state index contributed by atoms with van der Waals surface area (Å²) in [5, 5.41) is 10.2. The molecule has 0 saturated carbocycles. The Morgan fingerprint density at radius 2 is 2.24 bits per heavy atom. The van der Waals surface area contributed by atoms with Crippen LogP contribution in [0.4, 0.5) is 0 Å². The van der Waals surface area contributed by atoms with E-state index in [2.05, 4.69) is 25.3 Å². The van der Waals surface area contributed by atoms with Gasteiger partial charge in [0.1, 0.15) is 12.4 Å². The van der Waals surface area contributed by atoms with Gasteiger partial charge < -0.3 is 15.8 Å². The molecule has 0 saturated heterocycles. The van der Waals surface area contributed by atoms with Crippen molar-refractivity contribution in [2.75, 3.05) is 19.5 Å². The second-order valence-corrected chi connectivity index (χ2v) is 5.48. The highest BCUT2D eigenvalue weighted by Crippen LogP contribution is 2.03. The molecule has 3 N–H and O–H groups in total. The number of aromatic nitrogens is 5. The summed E-state index contributed by atoms with van der Waals surface area (Å²) < 4.78 is 6.72. The number of nitrogens with two attached hydrogens (primary N) is 1. The van der Waals surface area contributed by atoms with Crippen molar-refractivity contribution in [1.29, 1.82) is 0 Å². The van der Waals surface area contributed by atoms with Crippen LogP contribution in [0.5, 0.6) is 0 Å². The zero-order valence-electron chi connectivity index (χ0n) is 13.5. The molecule has 0 aliphatic rings. The lowest BCUT2D eigenvalue weighted by molar-refractivity contribution is -0.142. The smallest absolute Gasteiger partial charge is 0.353 e. The van der Waals surface area contributed by atoms with Gasteiger partial charge in [-0.15, -0.1) is 16.7 Å². The number of fused-ring (bicyclic) bond motifs is 1. The fraction of sp³-hybridized carbons (Fsp3) is 0.538. The van der Waals surface area contributed by atoms with Crippen LogP contribution in [0.3, 0.4) is 0 Å². The van der Waals surface area contributed by atoms with Gasteiger partial charge in [0.05, 0.1) is 13.7 Å². The fourth-order valence-electron chi connectivity index (χ4n) is 2.09. The summed E-state index contributed by atoms with van der Waals surface area (Å²) in [4.78, 5) is 39.4. The van der Waals surface area contributed by atoms with Gasteiger partial charge in [-0.25, -0.2) is 14.2 Å². The third kappa shape index (κ3) is 4.31. The predicted octanol–water partition coefficient (Wildman–Crippen LogP) is -1.46. The van der Waals surface area contributed by atoms with Crippen molar-refractivity contribution in [1.82, 2.24) is 29.7 Å². The first-order valence-electron chi connectivity index (χ1n) is 7.48. The number of esters is 1. The maximum Gasteiger partial charge on any atom is 0.353 e. The molecule has 0 aliphatic carbocycles. The Hall–Kier alpha value is -2.53. The zero-order valence-corrected chi connectivity index (χ0v) is 14.3. The van der Waals surface area contributed by atoms with E-state index in [9.17, 15) is 14.4 Å². The molecule has 0 aliphatic heterocycles. The molecule has 2 aromatic rings. The molecule has 1 amide bonds. The van der Waals surface area contributed by atoms with Crippen LogP contribution in [-0.2, 0) is 16.1 Å². The molecule has 0 radical (unpaired) electrons. The van der Waals surface area contributed by atoms with E-state index in [1.807, 2.05) is 0 Å². The van der Waals surface area contributed by atoms with E-state index in [0.717, 1.165) is 9.08 Å². The predicted molar refractivity (Wildman–Crippen MR) is 87.3 cm³/mol. The summed E-state index contributed by atoms with van der Waals surface area (Å²) in [5.74, 6) is -0.802. The van der Waals surface area contributed by atoms with Crippen LogP contribution >= 0.6 is 11.6 Å². The lowest BCUT2D eigenvalue weighted by atomic mass is 10.2. The number of carbonyl (C=O) groups is 2. The summed E-state index contributed by atoms with van der Waals surface area (Å²) >= 11 is 5.58. The molecule has 25 heavy (non-hydrogen) atoms. The molecular formula is C13H18ClN7O4. The van der Waals surface area contributed by atoms with Gasteiger partial charge >= 0.3 is 11.7 Å². The molecule has 136 valence electrons. The lowest BCUT2D eigenvalue weighted by Gasteiger charge is -2.09. The first-order valence-corrected chi connectivity index (χ1v) is 8.01. The van der Waals surface area contributed by atoms with Gasteiger partial charge in [0.15, 0.2) is 11.3 Å². The van der Waals surface area contributed by atoms with Crippen LogP contribution in [0, 0.1) is 0 Å². The van der Waals surface area contributed by atoms with Crippen LogP contribution in [0.1, 0.15) is 23.3 Å². The average molecular weight is 372 g/mol. The Labute approximate surface area is 147 Å². The Morgan fingerprint density at radius 1 is 1.48 bits per heavy atom. The summed E-state index contributed by atoms with van der Waals surface area (Å²) in [7, 11) is 1.26. The highest BCUT2D eigenvalue weighted by molar-refractivity contribution is 6.17. The average Bonchev–Trinajstić information content (AvgIpc) is 3.05. The molecule has 12 heteroatoms. The Morgan fingerprint density at radius 3 is 2.92 bits per heavy atom. The number of amides is 1. The first-order chi connectivity index (χ1) is 12.0. The molecule has 0 fully saturated rings. The number of imidazole rings is 1. The normalized spacial score (nSPS) is 12.1. The van der Waals surface area contributed by atoms with E-state index >= 15 is 0 Å². The highest BCUT2D eigenvalue weighted by Gasteiger charge is 2.18. The molecule has 2 rings (SSSR count). The number of ether oxygens (including phenoxy) is 1. The number of aryl methyl sites for hydroxylation is 1. The Bertz CT molecular complexity index is 818. The number of rotatable bonds is 8. The van der Waals surface area contributed by atoms with Gasteiger partial charge in [-0.2, -0.15) is 4.68 Å². The number of halogens is 1. The molecule has 11 nitrogen and oxygen atoms in total. The summed E-state index contributed by atoms with van der Waals surface area (Å²) in [6.45, 7) is 0.475. The van der Waals surface area contributed by atoms with Crippen molar-refractivity contribution >= 4 is 29.1 Å². The van der Waals surface area contributed by atoms with E-state index in [1.54, 1.807) is 0 Å². The first kappa shape index (κ1) is 18.8. The zero-order chi connectivity index (χ0) is 18.4. The minimum absolute atomic E-state index is 0.0140. The number of alkyl halides is 1. The van der Waals surface area contributed by atoms with Gasteiger partial charge in [0, 0.05) is 12.4 Å². The molecule has 0 bridgehead atoms. The Balaban J connectivity index is 1.99. The van der Waals surface area contributed by atoms with Crippen molar-refractivity contribution in [2.24, 2.45) is 5.73 Å². The lowest BCUT2D eigenvalue weighted by Crippen LogP contribution is -2.33. The van der Waals surface area contributed by atoms with Gasteiger partial charge in [-0.1, -0.05) is 5.21 Å². The van der Waals surface area contributed by atoms with Gasteiger partial charge in [0.2, 0.25) is 0 Å². The van der Waals surface area contributed by atoms with Crippen LogP contribution in [-0.4, -0.2) is 61.8 Å². The topological polar surface area (TPSA) is 146 Å². The number of nitrogens with zero attached hydrogens (tertiary/aromatic N) is 5. The fourth-order valence-corrected chi connectivity index (χ4v) is 2.25. The molecule has 0 aromatic carbocycles. The van der Waals surface area contributed by atoms with E-state index in [4.69, 9.17) is 17.3 Å². The maximum atomic E-state index is 12.2. The highest BCUT2D eigenvalue weighted by atomic mass is 35.5. The van der Waals surface area contributed by atoms with Crippen LogP contribution in [0.15, 0.2) is 11.1 Å². The van der Waals surface area contributed by atoms with Crippen molar-refractivity contribution in [3.8, 4) is 0 Å². The summed E-state index contributed by atoms with van der Waals surface area (Å²) in [6, 6.07) is -0.735. The van der Waals surface area contributed by atoms with Crippen molar-refractivity contribution in [2.45, 2.75) is 25.4 Å². The summed E-state index contributed by atoms with van der Waals surface area (Å²) in [6.07, 6.45) is 2.04. The largest absolute Gasteiger partial charge is 0.468 e. The third-order valence-electron chi connectivity index (χ3n) is 3.41. The van der Waals surface area contributed by atoms with E-state index < -0.39 is 23.6 Å². The van der Waals surface area contributed by atoms with Gasteiger partial charge in [-0.3, -0.25) is 9.59 Å². The monoisotopic (exact) mass is 371 g/mol. The number of carbonyl (C=O) groups excluding carboxylic acids is 2. The number of nitrogens with one attached hydrogen (secondary N) is 1. The second-order valence-electron chi connectivity index (χ2n) is 5.10. The molecule has 2 aromatic heterocycles. The summed E-state index contributed by atoms with van der Waals surface area (Å²) in [5.41, 5.74) is 5.16. The molecule has 0 spiro atoms. The number of hydrogen-bond donors (Lipinski definition) is 2. The molecule has 1 atom stereocenters. The Kier molecular flexibility index (Phi) is 6.42. The molecular weight excluding hydrogens is 354 g/mol. The van der Waals surface area contributed by atoms with Gasteiger partial charge in [-0.05, 0) is 12.8 Å². The van der Waals surface area contributed by atoms with Crippen molar-refractivity contribution in [3.63, 3.8) is 0 Å². The number of hydrogen-bond acceptors (Lipinski definition) is 8. The number of methoxy groups -OCH3 is 1.